The lowest BCUT2D eigenvalue weighted by molar-refractivity contribution is -0.142. The Labute approximate surface area is 249 Å². The molecule has 0 saturated heterocycles. The van der Waals surface area contributed by atoms with Gasteiger partial charge in [-0.3, -0.25) is 0 Å². The summed E-state index contributed by atoms with van der Waals surface area (Å²) in [5.74, 6) is -0.999. The number of alkyl carbamates (subject to hydrolysis) is 1. The van der Waals surface area contributed by atoms with Gasteiger partial charge in [0.05, 0.1) is 126 Å². The molecular formula is C27H53NO14. The van der Waals surface area contributed by atoms with E-state index in [9.17, 15) is 9.59 Å². The molecule has 0 heterocycles. The van der Waals surface area contributed by atoms with E-state index in [1.807, 2.05) is 20.8 Å². The predicted molar refractivity (Wildman–Crippen MR) is 150 cm³/mol. The van der Waals surface area contributed by atoms with Gasteiger partial charge in [0.2, 0.25) is 0 Å². The molecule has 0 aliphatic carbocycles. The Morgan fingerprint density at radius 3 is 1.00 bits per heavy atom. The van der Waals surface area contributed by atoms with Crippen LogP contribution in [0.5, 0.6) is 0 Å². The first-order valence-electron chi connectivity index (χ1n) is 14.3. The maximum atomic E-state index is 11.5. The fourth-order valence-corrected chi connectivity index (χ4v) is 2.68. The third-order valence-corrected chi connectivity index (χ3v) is 4.49. The number of carbonyl (C=O) groups is 2. The fraction of sp³-hybridized carbons (Fsp3) is 0.926. The van der Waals surface area contributed by atoms with Gasteiger partial charge in [0.1, 0.15) is 12.2 Å². The largest absolute Gasteiger partial charge is 0.480 e. The first kappa shape index (κ1) is 40.3. The molecule has 0 atom stereocenters. The number of ether oxygens (including phenoxy) is 11. The van der Waals surface area contributed by atoms with Gasteiger partial charge in [-0.2, -0.15) is 0 Å². The second-order valence-electron chi connectivity index (χ2n) is 9.39. The highest BCUT2D eigenvalue weighted by Gasteiger charge is 2.15. The number of hydrogen-bond donors (Lipinski definition) is 2. The van der Waals surface area contributed by atoms with E-state index in [0.29, 0.717) is 125 Å². The van der Waals surface area contributed by atoms with Gasteiger partial charge < -0.3 is 62.5 Å². The summed E-state index contributed by atoms with van der Waals surface area (Å²) in [6, 6.07) is 0. The SMILES string of the molecule is CC(C)(C)OC(=O)NCCOCCOCCOCCOCCOCCOCCOCCOCCOCCOCC(=O)O. The van der Waals surface area contributed by atoms with Crippen molar-refractivity contribution in [1.82, 2.24) is 5.32 Å². The molecule has 0 unspecified atom stereocenters. The number of carbonyl (C=O) groups excluding carboxylic acids is 1. The maximum Gasteiger partial charge on any atom is 0.407 e. The molecule has 0 bridgehead atoms. The second kappa shape index (κ2) is 30.8. The van der Waals surface area contributed by atoms with Crippen LogP contribution < -0.4 is 5.32 Å². The minimum absolute atomic E-state index is 0.238. The lowest BCUT2D eigenvalue weighted by Gasteiger charge is -2.19. The summed E-state index contributed by atoms with van der Waals surface area (Å²) >= 11 is 0. The fourth-order valence-electron chi connectivity index (χ4n) is 2.68. The van der Waals surface area contributed by atoms with Crippen molar-refractivity contribution in [2.45, 2.75) is 26.4 Å². The molecule has 0 rings (SSSR count). The van der Waals surface area contributed by atoms with E-state index in [-0.39, 0.29) is 13.2 Å². The number of amides is 1. The lowest BCUT2D eigenvalue weighted by atomic mass is 10.2. The average molecular weight is 616 g/mol. The van der Waals surface area contributed by atoms with Crippen molar-refractivity contribution in [2.24, 2.45) is 0 Å². The van der Waals surface area contributed by atoms with Gasteiger partial charge in [-0.1, -0.05) is 0 Å². The van der Waals surface area contributed by atoms with Crippen LogP contribution in [-0.2, 0) is 56.9 Å². The molecule has 0 aromatic rings. The first-order valence-corrected chi connectivity index (χ1v) is 14.3. The Hall–Kier alpha value is -1.66. The second-order valence-corrected chi connectivity index (χ2v) is 9.39. The zero-order valence-electron chi connectivity index (χ0n) is 25.6. The van der Waals surface area contributed by atoms with Gasteiger partial charge in [-0.15, -0.1) is 0 Å². The molecule has 0 spiro atoms. The molecule has 42 heavy (non-hydrogen) atoms. The zero-order chi connectivity index (χ0) is 31.0. The van der Waals surface area contributed by atoms with E-state index in [2.05, 4.69) is 5.32 Å². The van der Waals surface area contributed by atoms with Crippen LogP contribution in [0, 0.1) is 0 Å². The number of rotatable bonds is 32. The van der Waals surface area contributed by atoms with Gasteiger partial charge in [0.25, 0.3) is 0 Å². The van der Waals surface area contributed by atoms with Crippen LogP contribution in [0.3, 0.4) is 0 Å². The molecule has 1 amide bonds. The Kier molecular flexibility index (Phi) is 29.6. The number of carboxylic acid groups (broad SMARTS) is 1. The molecule has 2 N–H and O–H groups in total. The van der Waals surface area contributed by atoms with Gasteiger partial charge in [-0.05, 0) is 20.8 Å². The minimum atomic E-state index is -0.999. The van der Waals surface area contributed by atoms with E-state index >= 15 is 0 Å². The molecule has 0 fully saturated rings. The highest BCUT2D eigenvalue weighted by molar-refractivity contribution is 5.68. The average Bonchev–Trinajstić information content (AvgIpc) is 2.92. The number of hydrogen-bond acceptors (Lipinski definition) is 13. The molecule has 0 saturated carbocycles. The molecule has 0 aromatic heterocycles. The Morgan fingerprint density at radius 2 is 0.738 bits per heavy atom. The van der Waals surface area contributed by atoms with Crippen LogP contribution in [0.15, 0.2) is 0 Å². The van der Waals surface area contributed by atoms with Crippen LogP contribution in [0.25, 0.3) is 0 Å². The van der Waals surface area contributed by atoms with Crippen molar-refractivity contribution in [3.63, 3.8) is 0 Å². The summed E-state index contributed by atoms with van der Waals surface area (Å²) in [7, 11) is 0. The van der Waals surface area contributed by atoms with Crippen LogP contribution in [-0.4, -0.2) is 161 Å². The van der Waals surface area contributed by atoms with Crippen LogP contribution in [0.4, 0.5) is 4.79 Å². The van der Waals surface area contributed by atoms with E-state index in [0.717, 1.165) is 0 Å². The lowest BCUT2D eigenvalue weighted by Crippen LogP contribution is -2.34. The minimum Gasteiger partial charge on any atom is -0.480 e. The quantitative estimate of drug-likeness (QED) is 0.102. The summed E-state index contributed by atoms with van der Waals surface area (Å²) in [5.41, 5.74) is -0.515. The Morgan fingerprint density at radius 1 is 0.476 bits per heavy atom. The number of nitrogens with one attached hydrogen (secondary N) is 1. The third-order valence-electron chi connectivity index (χ3n) is 4.49. The number of aliphatic carboxylic acids is 1. The van der Waals surface area contributed by atoms with E-state index in [1.165, 1.54) is 0 Å². The summed E-state index contributed by atoms with van der Waals surface area (Å²) in [6.45, 7) is 13.8. The molecular weight excluding hydrogens is 562 g/mol. The van der Waals surface area contributed by atoms with Crippen molar-refractivity contribution in [3.05, 3.63) is 0 Å². The van der Waals surface area contributed by atoms with Crippen molar-refractivity contribution >= 4 is 12.1 Å². The third kappa shape index (κ3) is 36.4. The Bertz CT molecular complexity index is 606. The van der Waals surface area contributed by atoms with E-state index in [1.54, 1.807) is 0 Å². The topological polar surface area (TPSA) is 168 Å². The summed E-state index contributed by atoms with van der Waals surface area (Å²) < 4.78 is 58.5. The van der Waals surface area contributed by atoms with Gasteiger partial charge in [0, 0.05) is 6.54 Å². The molecule has 250 valence electrons. The molecule has 0 aromatic carbocycles. The normalized spacial score (nSPS) is 11.6. The molecule has 0 aliphatic rings. The summed E-state index contributed by atoms with van der Waals surface area (Å²) in [4.78, 5) is 21.7. The molecule has 15 nitrogen and oxygen atoms in total. The van der Waals surface area contributed by atoms with E-state index < -0.39 is 17.7 Å². The monoisotopic (exact) mass is 615 g/mol. The van der Waals surface area contributed by atoms with Crippen molar-refractivity contribution in [2.75, 3.05) is 139 Å². The first-order chi connectivity index (χ1) is 20.3. The zero-order valence-corrected chi connectivity index (χ0v) is 25.6. The molecule has 0 radical (unpaired) electrons. The van der Waals surface area contributed by atoms with Crippen molar-refractivity contribution < 1.29 is 66.8 Å². The van der Waals surface area contributed by atoms with Crippen LogP contribution >= 0.6 is 0 Å². The summed E-state index contributed by atoms with van der Waals surface area (Å²) in [6.07, 6.45) is -0.458. The smallest absolute Gasteiger partial charge is 0.407 e. The molecule has 0 aliphatic heterocycles. The Balaban J connectivity index is 3.10. The van der Waals surface area contributed by atoms with Crippen molar-refractivity contribution in [1.29, 1.82) is 0 Å². The van der Waals surface area contributed by atoms with Gasteiger partial charge in [-0.25, -0.2) is 9.59 Å². The molecule has 15 heteroatoms. The highest BCUT2D eigenvalue weighted by Crippen LogP contribution is 2.06. The maximum absolute atomic E-state index is 11.5. The number of carboxylic acids is 1. The standard InChI is InChI=1S/C27H53NO14/c1-27(2,3)42-26(31)28-4-5-32-6-7-33-8-9-34-10-11-35-12-13-36-14-15-37-16-17-38-18-19-39-20-21-40-22-23-41-24-25(29)30/h4-24H2,1-3H3,(H,28,31)(H,29,30). The van der Waals surface area contributed by atoms with Crippen LogP contribution in [0.2, 0.25) is 0 Å². The highest BCUT2D eigenvalue weighted by atomic mass is 16.6. The van der Waals surface area contributed by atoms with Crippen LogP contribution in [0.1, 0.15) is 20.8 Å². The van der Waals surface area contributed by atoms with Gasteiger partial charge >= 0.3 is 12.1 Å². The van der Waals surface area contributed by atoms with Gasteiger partial charge in [0.15, 0.2) is 0 Å². The summed E-state index contributed by atoms with van der Waals surface area (Å²) in [5, 5.41) is 11.0. The van der Waals surface area contributed by atoms with E-state index in [4.69, 9.17) is 57.2 Å². The van der Waals surface area contributed by atoms with Crippen molar-refractivity contribution in [3.8, 4) is 0 Å². The predicted octanol–water partition coefficient (Wildman–Crippen LogP) is 0.762.